The molecule has 78 valence electrons. The van der Waals surface area contributed by atoms with Crippen molar-refractivity contribution in [2.45, 2.75) is 6.92 Å². The van der Waals surface area contributed by atoms with E-state index in [1.165, 1.54) is 0 Å². The minimum absolute atomic E-state index is 0.557. The number of anilines is 1. The Morgan fingerprint density at radius 1 is 1.33 bits per heavy atom. The average molecular weight is 331 g/mol. The molecule has 3 nitrogen and oxygen atoms in total. The Labute approximate surface area is 105 Å². The Morgan fingerprint density at radius 3 is 2.67 bits per heavy atom. The van der Waals surface area contributed by atoms with E-state index >= 15 is 0 Å². The molecule has 2 aromatic rings. The van der Waals surface area contributed by atoms with Crippen molar-refractivity contribution in [1.82, 2.24) is 9.78 Å². The quantitative estimate of drug-likeness (QED) is 0.872. The van der Waals surface area contributed by atoms with Gasteiger partial charge in [-0.05, 0) is 41.1 Å². The van der Waals surface area contributed by atoms with Gasteiger partial charge in [0.25, 0.3) is 0 Å². The summed E-state index contributed by atoms with van der Waals surface area (Å²) in [6.45, 7) is 1.94. The lowest BCUT2D eigenvalue weighted by molar-refractivity contribution is 0.880. The van der Waals surface area contributed by atoms with Crippen molar-refractivity contribution in [1.29, 1.82) is 0 Å². The first-order valence-corrected chi connectivity index (χ1v) is 5.93. The van der Waals surface area contributed by atoms with Gasteiger partial charge in [-0.2, -0.15) is 5.10 Å². The number of nitrogens with two attached hydrogens (primary N) is 1. The maximum atomic E-state index is 5.71. The molecule has 1 heterocycles. The summed E-state index contributed by atoms with van der Waals surface area (Å²) in [4.78, 5) is 0. The lowest BCUT2D eigenvalue weighted by Gasteiger charge is -2.04. The minimum atomic E-state index is 0.557. The van der Waals surface area contributed by atoms with Gasteiger partial charge in [-0.1, -0.05) is 15.9 Å². The second kappa shape index (κ2) is 3.98. The third-order valence-electron chi connectivity index (χ3n) is 2.09. The van der Waals surface area contributed by atoms with Gasteiger partial charge >= 0.3 is 0 Å². The Balaban J connectivity index is 2.58. The number of nitrogen functional groups attached to an aromatic ring is 1. The first-order valence-electron chi connectivity index (χ1n) is 4.35. The first kappa shape index (κ1) is 10.7. The number of halogens is 2. The molecule has 0 atom stereocenters. The van der Waals surface area contributed by atoms with Crippen molar-refractivity contribution in [2.75, 3.05) is 5.73 Å². The van der Waals surface area contributed by atoms with E-state index in [0.717, 1.165) is 20.2 Å². The van der Waals surface area contributed by atoms with Crippen molar-refractivity contribution >= 4 is 37.7 Å². The number of aromatic nitrogens is 2. The number of benzene rings is 1. The highest BCUT2D eigenvalue weighted by Crippen LogP contribution is 2.25. The normalized spacial score (nSPS) is 10.6. The number of nitrogens with zero attached hydrogens (tertiary/aromatic N) is 2. The fraction of sp³-hybridized carbons (Fsp3) is 0.100. The zero-order chi connectivity index (χ0) is 11.0. The van der Waals surface area contributed by atoms with Crippen LogP contribution in [-0.2, 0) is 0 Å². The number of aryl methyl sites for hydroxylation is 1. The van der Waals surface area contributed by atoms with Crippen LogP contribution in [0.25, 0.3) is 5.69 Å². The molecule has 0 saturated heterocycles. The number of hydrogen-bond donors (Lipinski definition) is 1. The number of hydrogen-bond acceptors (Lipinski definition) is 2. The Morgan fingerprint density at radius 2 is 2.07 bits per heavy atom. The van der Waals surface area contributed by atoms with Crippen molar-refractivity contribution in [2.24, 2.45) is 0 Å². The molecule has 0 bridgehead atoms. The highest BCUT2D eigenvalue weighted by atomic mass is 79.9. The van der Waals surface area contributed by atoms with Crippen molar-refractivity contribution in [3.05, 3.63) is 38.9 Å². The van der Waals surface area contributed by atoms with E-state index in [1.807, 2.05) is 31.3 Å². The third kappa shape index (κ3) is 2.08. The third-order valence-corrected chi connectivity index (χ3v) is 3.25. The highest BCUT2D eigenvalue weighted by molar-refractivity contribution is 9.11. The van der Waals surface area contributed by atoms with Gasteiger partial charge in [-0.25, -0.2) is 4.68 Å². The molecule has 0 saturated carbocycles. The smallest absolute Gasteiger partial charge is 0.148 e. The lowest BCUT2D eigenvalue weighted by Crippen LogP contribution is -1.97. The van der Waals surface area contributed by atoms with Gasteiger partial charge < -0.3 is 5.73 Å². The van der Waals surface area contributed by atoms with Gasteiger partial charge in [0.05, 0.1) is 5.69 Å². The van der Waals surface area contributed by atoms with E-state index in [1.54, 1.807) is 4.68 Å². The molecule has 0 spiro atoms. The SMILES string of the molecule is Cc1cn(-c2cc(Br)ccc2Br)nc1N. The van der Waals surface area contributed by atoms with E-state index in [2.05, 4.69) is 37.0 Å². The molecule has 0 aliphatic heterocycles. The molecule has 2 N–H and O–H groups in total. The van der Waals surface area contributed by atoms with Crippen molar-refractivity contribution < 1.29 is 0 Å². The molecule has 1 aromatic heterocycles. The molecular formula is C10H9Br2N3. The van der Waals surface area contributed by atoms with E-state index in [9.17, 15) is 0 Å². The largest absolute Gasteiger partial charge is 0.382 e. The molecule has 1 aromatic carbocycles. The zero-order valence-electron chi connectivity index (χ0n) is 8.04. The molecule has 0 aliphatic carbocycles. The Kier molecular flexibility index (Phi) is 2.84. The summed E-state index contributed by atoms with van der Waals surface area (Å²) in [6.07, 6.45) is 1.90. The van der Waals surface area contributed by atoms with Gasteiger partial charge in [0.1, 0.15) is 5.82 Å². The summed E-state index contributed by atoms with van der Waals surface area (Å²) in [5, 5.41) is 4.23. The van der Waals surface area contributed by atoms with Crippen LogP contribution in [0.2, 0.25) is 0 Å². The number of rotatable bonds is 1. The molecule has 0 unspecified atom stereocenters. The summed E-state index contributed by atoms with van der Waals surface area (Å²) in [6, 6.07) is 5.91. The first-order chi connectivity index (χ1) is 7.08. The van der Waals surface area contributed by atoms with Crippen LogP contribution in [0.5, 0.6) is 0 Å². The second-order valence-corrected chi connectivity index (χ2v) is 5.01. The summed E-state index contributed by atoms with van der Waals surface area (Å²) < 4.78 is 3.75. The van der Waals surface area contributed by atoms with E-state index in [-0.39, 0.29) is 0 Å². The van der Waals surface area contributed by atoms with Crippen LogP contribution in [0.15, 0.2) is 33.3 Å². The van der Waals surface area contributed by atoms with Gasteiger partial charge in [0.15, 0.2) is 0 Å². The summed E-state index contributed by atoms with van der Waals surface area (Å²) in [5.41, 5.74) is 7.64. The molecule has 5 heteroatoms. The van der Waals surface area contributed by atoms with Crippen molar-refractivity contribution in [3.8, 4) is 5.69 Å². The standard InChI is InChI=1S/C10H9Br2N3/c1-6-5-15(14-10(6)13)9-4-7(11)2-3-8(9)12/h2-5H,1H3,(H2,13,14). The van der Waals surface area contributed by atoms with Crippen LogP contribution in [0, 0.1) is 6.92 Å². The molecule has 0 amide bonds. The molecule has 15 heavy (non-hydrogen) atoms. The molecule has 0 aliphatic rings. The van der Waals surface area contributed by atoms with Gasteiger partial charge in [-0.3, -0.25) is 0 Å². The molecule has 2 rings (SSSR count). The van der Waals surface area contributed by atoms with E-state index < -0.39 is 0 Å². The molecular weight excluding hydrogens is 322 g/mol. The van der Waals surface area contributed by atoms with Gasteiger partial charge in [-0.15, -0.1) is 0 Å². The van der Waals surface area contributed by atoms with Crippen molar-refractivity contribution in [3.63, 3.8) is 0 Å². The molecule has 0 fully saturated rings. The fourth-order valence-corrected chi connectivity index (χ4v) is 2.04. The van der Waals surface area contributed by atoms with Crippen LogP contribution in [-0.4, -0.2) is 9.78 Å². The fourth-order valence-electron chi connectivity index (χ4n) is 1.26. The predicted octanol–water partition coefficient (Wildman–Crippen LogP) is 3.29. The van der Waals surface area contributed by atoms with E-state index in [0.29, 0.717) is 5.82 Å². The summed E-state index contributed by atoms with van der Waals surface area (Å²) in [7, 11) is 0. The van der Waals surface area contributed by atoms with Crippen LogP contribution in [0.4, 0.5) is 5.82 Å². The second-order valence-electron chi connectivity index (χ2n) is 3.24. The van der Waals surface area contributed by atoms with Crippen LogP contribution in [0.1, 0.15) is 5.56 Å². The maximum absolute atomic E-state index is 5.71. The topological polar surface area (TPSA) is 43.8 Å². The molecule has 0 radical (unpaired) electrons. The summed E-state index contributed by atoms with van der Waals surface area (Å²) >= 11 is 6.90. The highest BCUT2D eigenvalue weighted by Gasteiger charge is 2.06. The summed E-state index contributed by atoms with van der Waals surface area (Å²) in [5.74, 6) is 0.557. The zero-order valence-corrected chi connectivity index (χ0v) is 11.2. The van der Waals surface area contributed by atoms with Gasteiger partial charge in [0.2, 0.25) is 0 Å². The van der Waals surface area contributed by atoms with Crippen LogP contribution in [0.3, 0.4) is 0 Å². The minimum Gasteiger partial charge on any atom is -0.382 e. The predicted molar refractivity (Wildman–Crippen MR) is 68.1 cm³/mol. The van der Waals surface area contributed by atoms with Crippen LogP contribution >= 0.6 is 31.9 Å². The van der Waals surface area contributed by atoms with E-state index in [4.69, 9.17) is 5.73 Å². The maximum Gasteiger partial charge on any atom is 0.148 e. The Bertz CT molecular complexity index is 486. The van der Waals surface area contributed by atoms with Gasteiger partial charge in [0, 0.05) is 20.7 Å². The lowest BCUT2D eigenvalue weighted by atomic mass is 10.3. The van der Waals surface area contributed by atoms with Crippen LogP contribution < -0.4 is 5.73 Å². The average Bonchev–Trinajstić information content (AvgIpc) is 2.51. The Hall–Kier alpha value is -0.810. The monoisotopic (exact) mass is 329 g/mol.